The Labute approximate surface area is 144 Å². The van der Waals surface area contributed by atoms with Crippen molar-refractivity contribution in [3.05, 3.63) is 39.8 Å². The summed E-state index contributed by atoms with van der Waals surface area (Å²) < 4.78 is 6.82. The normalized spacial score (nSPS) is 10.6. The van der Waals surface area contributed by atoms with E-state index >= 15 is 0 Å². The molecule has 0 aliphatic carbocycles. The predicted molar refractivity (Wildman–Crippen MR) is 93.4 cm³/mol. The van der Waals surface area contributed by atoms with E-state index in [1.165, 1.54) is 11.8 Å². The minimum absolute atomic E-state index is 0.113. The molecule has 0 spiro atoms. The van der Waals surface area contributed by atoms with Crippen molar-refractivity contribution < 1.29 is 9.53 Å². The van der Waals surface area contributed by atoms with E-state index in [2.05, 4.69) is 15.5 Å². The number of rotatable bonds is 8. The van der Waals surface area contributed by atoms with Crippen LogP contribution in [-0.2, 0) is 17.9 Å². The number of hydrogen-bond donors (Lipinski definition) is 2. The van der Waals surface area contributed by atoms with E-state index in [4.69, 9.17) is 4.74 Å². The first-order valence-corrected chi connectivity index (χ1v) is 8.72. The Morgan fingerprint density at radius 3 is 2.96 bits per heavy atom. The Hall–Kier alpha value is -2.22. The lowest BCUT2D eigenvalue weighted by Gasteiger charge is -2.09. The van der Waals surface area contributed by atoms with Gasteiger partial charge in [0.15, 0.2) is 5.16 Å². The number of aryl methyl sites for hydroxylation is 1. The molecule has 1 aromatic carbocycles. The van der Waals surface area contributed by atoms with Gasteiger partial charge in [0.25, 0.3) is 0 Å². The largest absolute Gasteiger partial charge is 0.496 e. The third-order valence-electron chi connectivity index (χ3n) is 3.46. The average Bonchev–Trinajstić information content (AvgIpc) is 2.93. The van der Waals surface area contributed by atoms with Crippen LogP contribution in [0.25, 0.3) is 0 Å². The summed E-state index contributed by atoms with van der Waals surface area (Å²) in [6.07, 6.45) is 0.828. The number of aromatic nitrogens is 3. The molecule has 1 aromatic heterocycles. The first-order chi connectivity index (χ1) is 11.5. The maximum atomic E-state index is 12.0. The molecule has 1 amide bonds. The first kappa shape index (κ1) is 18.1. The second kappa shape index (κ2) is 8.58. The van der Waals surface area contributed by atoms with Crippen LogP contribution in [0, 0.1) is 6.92 Å². The number of carbonyl (C=O) groups is 1. The molecule has 0 bridgehead atoms. The molecular formula is C16H22N4O3S. The second-order valence-corrected chi connectivity index (χ2v) is 6.27. The standard InChI is InChI=1S/C16H22N4O3S/c1-4-7-20-15(22)18-19-16(20)24-10-14(21)17-9-12-6-5-11(2)13(8-12)23-3/h5-6,8H,4,7,9-10H2,1-3H3,(H,17,21)(H,18,22). The number of H-pyrrole nitrogens is 1. The molecule has 0 fully saturated rings. The summed E-state index contributed by atoms with van der Waals surface area (Å²) in [6, 6.07) is 5.83. The van der Waals surface area contributed by atoms with Crippen molar-refractivity contribution in [1.82, 2.24) is 20.1 Å². The molecule has 0 saturated heterocycles. The highest BCUT2D eigenvalue weighted by Gasteiger charge is 2.11. The maximum absolute atomic E-state index is 12.0. The van der Waals surface area contributed by atoms with Crippen molar-refractivity contribution in [3.8, 4) is 5.75 Å². The van der Waals surface area contributed by atoms with Gasteiger partial charge in [0.2, 0.25) is 5.91 Å². The highest BCUT2D eigenvalue weighted by molar-refractivity contribution is 7.99. The average molecular weight is 350 g/mol. The van der Waals surface area contributed by atoms with Crippen molar-refractivity contribution in [2.45, 2.75) is 38.5 Å². The fourth-order valence-corrected chi connectivity index (χ4v) is 2.99. The van der Waals surface area contributed by atoms with Crippen LogP contribution < -0.4 is 15.7 Å². The lowest BCUT2D eigenvalue weighted by Crippen LogP contribution is -2.25. The highest BCUT2D eigenvalue weighted by Crippen LogP contribution is 2.19. The van der Waals surface area contributed by atoms with Gasteiger partial charge in [-0.05, 0) is 30.5 Å². The zero-order chi connectivity index (χ0) is 17.5. The van der Waals surface area contributed by atoms with Crippen LogP contribution in [0.2, 0.25) is 0 Å². The molecule has 2 aromatic rings. The summed E-state index contributed by atoms with van der Waals surface area (Å²) in [5, 5.41) is 9.76. The van der Waals surface area contributed by atoms with Crippen LogP contribution in [0.5, 0.6) is 5.75 Å². The topological polar surface area (TPSA) is 89.0 Å². The molecule has 24 heavy (non-hydrogen) atoms. The molecule has 0 atom stereocenters. The van der Waals surface area contributed by atoms with Gasteiger partial charge < -0.3 is 10.1 Å². The van der Waals surface area contributed by atoms with E-state index in [9.17, 15) is 9.59 Å². The van der Waals surface area contributed by atoms with Crippen LogP contribution >= 0.6 is 11.8 Å². The summed E-state index contributed by atoms with van der Waals surface area (Å²) in [4.78, 5) is 23.6. The van der Waals surface area contributed by atoms with Crippen molar-refractivity contribution >= 4 is 17.7 Å². The molecular weight excluding hydrogens is 328 g/mol. The van der Waals surface area contributed by atoms with E-state index in [0.29, 0.717) is 18.2 Å². The molecule has 0 radical (unpaired) electrons. The van der Waals surface area contributed by atoms with Crippen LogP contribution in [-0.4, -0.2) is 33.5 Å². The molecule has 0 aliphatic rings. The molecule has 1 heterocycles. The zero-order valence-electron chi connectivity index (χ0n) is 14.1. The monoisotopic (exact) mass is 350 g/mol. The summed E-state index contributed by atoms with van der Waals surface area (Å²) in [7, 11) is 1.63. The fraction of sp³-hybridized carbons (Fsp3) is 0.438. The zero-order valence-corrected chi connectivity index (χ0v) is 14.9. The Morgan fingerprint density at radius 2 is 2.25 bits per heavy atom. The van der Waals surface area contributed by atoms with E-state index in [0.717, 1.165) is 23.3 Å². The van der Waals surface area contributed by atoms with Gasteiger partial charge in [-0.25, -0.2) is 9.89 Å². The number of nitrogens with zero attached hydrogens (tertiary/aromatic N) is 2. The SMILES string of the molecule is CCCn1c(SCC(=O)NCc2ccc(C)c(OC)c2)n[nH]c1=O. The van der Waals surface area contributed by atoms with Crippen molar-refractivity contribution in [3.63, 3.8) is 0 Å². The lowest BCUT2D eigenvalue weighted by molar-refractivity contribution is -0.118. The van der Waals surface area contributed by atoms with Gasteiger partial charge in [0, 0.05) is 13.1 Å². The molecule has 2 rings (SSSR count). The molecule has 0 saturated carbocycles. The van der Waals surface area contributed by atoms with E-state index in [-0.39, 0.29) is 17.3 Å². The smallest absolute Gasteiger partial charge is 0.343 e. The molecule has 8 heteroatoms. The molecule has 130 valence electrons. The van der Waals surface area contributed by atoms with Crippen LogP contribution in [0.15, 0.2) is 28.2 Å². The number of aromatic amines is 1. The highest BCUT2D eigenvalue weighted by atomic mass is 32.2. The summed E-state index contributed by atoms with van der Waals surface area (Å²) in [6.45, 7) is 4.97. The number of amides is 1. The second-order valence-electron chi connectivity index (χ2n) is 5.33. The molecule has 0 unspecified atom stereocenters. The van der Waals surface area contributed by atoms with Gasteiger partial charge in [0.1, 0.15) is 5.75 Å². The van der Waals surface area contributed by atoms with Gasteiger partial charge in [-0.15, -0.1) is 5.10 Å². The van der Waals surface area contributed by atoms with Gasteiger partial charge in [-0.2, -0.15) is 0 Å². The Kier molecular flexibility index (Phi) is 6.48. The molecule has 7 nitrogen and oxygen atoms in total. The molecule has 0 aliphatic heterocycles. The van der Waals surface area contributed by atoms with Crippen LogP contribution in [0.3, 0.4) is 0 Å². The maximum Gasteiger partial charge on any atom is 0.343 e. The van der Waals surface area contributed by atoms with E-state index in [1.54, 1.807) is 11.7 Å². The minimum atomic E-state index is -0.244. The Bertz CT molecular complexity index is 754. The van der Waals surface area contributed by atoms with Crippen LogP contribution in [0.4, 0.5) is 0 Å². The third-order valence-corrected chi connectivity index (χ3v) is 4.44. The quantitative estimate of drug-likeness (QED) is 0.708. The summed E-state index contributed by atoms with van der Waals surface area (Å²) in [5.41, 5.74) is 1.78. The number of methoxy groups -OCH3 is 1. The number of ether oxygens (including phenoxy) is 1. The van der Waals surface area contributed by atoms with Gasteiger partial charge in [-0.1, -0.05) is 30.8 Å². The van der Waals surface area contributed by atoms with Gasteiger partial charge >= 0.3 is 5.69 Å². The van der Waals surface area contributed by atoms with Gasteiger partial charge in [0.05, 0.1) is 12.9 Å². The number of hydrogen-bond acceptors (Lipinski definition) is 5. The van der Waals surface area contributed by atoms with Crippen LogP contribution in [0.1, 0.15) is 24.5 Å². The number of thioether (sulfide) groups is 1. The summed E-state index contributed by atoms with van der Waals surface area (Å²) >= 11 is 1.25. The van der Waals surface area contributed by atoms with E-state index in [1.807, 2.05) is 32.0 Å². The minimum Gasteiger partial charge on any atom is -0.496 e. The number of nitrogens with one attached hydrogen (secondary N) is 2. The molecule has 2 N–H and O–H groups in total. The summed E-state index contributed by atoms with van der Waals surface area (Å²) in [5.74, 6) is 0.894. The third kappa shape index (κ3) is 4.64. The van der Waals surface area contributed by atoms with Crippen molar-refractivity contribution in [2.24, 2.45) is 0 Å². The Balaban J connectivity index is 1.87. The fourth-order valence-electron chi connectivity index (χ4n) is 2.19. The predicted octanol–water partition coefficient (Wildman–Crippen LogP) is 1.71. The van der Waals surface area contributed by atoms with Crippen molar-refractivity contribution in [1.29, 1.82) is 0 Å². The van der Waals surface area contributed by atoms with E-state index < -0.39 is 0 Å². The van der Waals surface area contributed by atoms with Crippen molar-refractivity contribution in [2.75, 3.05) is 12.9 Å². The number of carbonyl (C=O) groups excluding carboxylic acids is 1. The van der Waals surface area contributed by atoms with Gasteiger partial charge in [-0.3, -0.25) is 9.36 Å². The Morgan fingerprint density at radius 1 is 1.46 bits per heavy atom. The lowest BCUT2D eigenvalue weighted by atomic mass is 10.1. The number of benzene rings is 1. The first-order valence-electron chi connectivity index (χ1n) is 7.73.